The Bertz CT molecular complexity index is 1900. The van der Waals surface area contributed by atoms with Crippen LogP contribution in [0.15, 0.2) is 108 Å². The maximum atomic E-state index is 13.4. The molecule has 0 N–H and O–H groups in total. The molecule has 184 valence electrons. The van der Waals surface area contributed by atoms with Gasteiger partial charge in [-0.2, -0.15) is 0 Å². The molecule has 2 heterocycles. The molecule has 6 rings (SSSR count). The van der Waals surface area contributed by atoms with Crippen LogP contribution in [0.3, 0.4) is 0 Å². The van der Waals surface area contributed by atoms with Crippen LogP contribution in [0.25, 0.3) is 50.7 Å². The van der Waals surface area contributed by atoms with Crippen LogP contribution >= 0.6 is 23.2 Å². The first-order valence-corrected chi connectivity index (χ1v) is 12.8. The standard InChI is InChI=1S/C31H20Cl2N4O/c32-22-15-16-23(25(33)18-22)30-36-26-8-2-1-7-24(26)31(38)37(30)17-5-6-20-11-13-21(14-12-20)29-19-34-27-9-3-4-10-28(27)35-29/h1-16,18-19H,17H2/b6-5+. The molecule has 0 aliphatic carbocycles. The normalized spacial score (nSPS) is 11.5. The highest BCUT2D eigenvalue weighted by Gasteiger charge is 2.15. The first-order valence-electron chi connectivity index (χ1n) is 12.0. The largest absolute Gasteiger partial charge is 0.288 e. The zero-order chi connectivity index (χ0) is 26.1. The zero-order valence-electron chi connectivity index (χ0n) is 20.1. The molecule has 0 unspecified atom stereocenters. The van der Waals surface area contributed by atoms with Gasteiger partial charge in [-0.05, 0) is 48.0 Å². The molecule has 0 bridgehead atoms. The summed E-state index contributed by atoms with van der Waals surface area (Å²) in [6.45, 7) is 0.322. The Kier molecular flexibility index (Phi) is 6.46. The molecule has 0 saturated heterocycles. The lowest BCUT2D eigenvalue weighted by molar-refractivity contribution is 0.780. The summed E-state index contributed by atoms with van der Waals surface area (Å²) in [5, 5.41) is 1.51. The molecule has 0 fully saturated rings. The van der Waals surface area contributed by atoms with Gasteiger partial charge in [0.1, 0.15) is 5.82 Å². The second kappa shape index (κ2) is 10.2. The number of nitrogens with zero attached hydrogens (tertiary/aromatic N) is 4. The van der Waals surface area contributed by atoms with Crippen LogP contribution in [0.4, 0.5) is 0 Å². The lowest BCUT2D eigenvalue weighted by Gasteiger charge is -2.13. The number of hydrogen-bond acceptors (Lipinski definition) is 4. The van der Waals surface area contributed by atoms with Gasteiger partial charge in [-0.3, -0.25) is 14.3 Å². The molecule has 6 aromatic rings. The molecule has 2 aromatic heterocycles. The highest BCUT2D eigenvalue weighted by molar-refractivity contribution is 6.36. The maximum Gasteiger partial charge on any atom is 0.261 e. The fourth-order valence-electron chi connectivity index (χ4n) is 4.37. The summed E-state index contributed by atoms with van der Waals surface area (Å²) in [6.07, 6.45) is 5.70. The number of para-hydroxylation sites is 3. The van der Waals surface area contributed by atoms with Crippen LogP contribution in [0, 0.1) is 0 Å². The Labute approximate surface area is 228 Å². The summed E-state index contributed by atoms with van der Waals surface area (Å²) in [5.41, 5.74) is 5.65. The van der Waals surface area contributed by atoms with Gasteiger partial charge in [-0.1, -0.05) is 83.9 Å². The Morgan fingerprint density at radius 2 is 1.53 bits per heavy atom. The topological polar surface area (TPSA) is 60.7 Å². The third-order valence-electron chi connectivity index (χ3n) is 6.29. The molecule has 0 spiro atoms. The van der Waals surface area contributed by atoms with Gasteiger partial charge >= 0.3 is 0 Å². The second-order valence-corrected chi connectivity index (χ2v) is 9.60. The zero-order valence-corrected chi connectivity index (χ0v) is 21.6. The number of aromatic nitrogens is 4. The van der Waals surface area contributed by atoms with Crippen molar-refractivity contribution >= 4 is 51.2 Å². The fourth-order valence-corrected chi connectivity index (χ4v) is 4.86. The van der Waals surface area contributed by atoms with E-state index >= 15 is 0 Å². The van der Waals surface area contributed by atoms with Crippen molar-refractivity contribution in [2.75, 3.05) is 0 Å². The van der Waals surface area contributed by atoms with Crippen LogP contribution in [0.2, 0.25) is 10.0 Å². The van der Waals surface area contributed by atoms with Crippen molar-refractivity contribution in [3.63, 3.8) is 0 Å². The molecule has 0 aliphatic heterocycles. The molecular weight excluding hydrogens is 515 g/mol. The van der Waals surface area contributed by atoms with E-state index in [9.17, 15) is 4.79 Å². The molecule has 0 saturated carbocycles. The number of fused-ring (bicyclic) bond motifs is 2. The van der Waals surface area contributed by atoms with E-state index in [-0.39, 0.29) is 5.56 Å². The molecule has 4 aromatic carbocycles. The van der Waals surface area contributed by atoms with E-state index < -0.39 is 0 Å². The van der Waals surface area contributed by atoms with Crippen molar-refractivity contribution in [1.82, 2.24) is 19.5 Å². The van der Waals surface area contributed by atoms with E-state index in [0.29, 0.717) is 38.9 Å². The molecule has 0 aliphatic rings. The van der Waals surface area contributed by atoms with E-state index in [1.807, 2.05) is 78.9 Å². The van der Waals surface area contributed by atoms with Gasteiger partial charge in [0.15, 0.2) is 0 Å². The van der Waals surface area contributed by atoms with Crippen molar-refractivity contribution in [2.45, 2.75) is 6.54 Å². The van der Waals surface area contributed by atoms with Crippen LogP contribution in [-0.4, -0.2) is 19.5 Å². The predicted octanol–water partition coefficient (Wildman–Crippen LogP) is 7.69. The minimum absolute atomic E-state index is 0.133. The number of hydrogen-bond donors (Lipinski definition) is 0. The van der Waals surface area contributed by atoms with E-state index in [1.54, 1.807) is 35.0 Å². The summed E-state index contributed by atoms with van der Waals surface area (Å²) in [4.78, 5) is 27.4. The van der Waals surface area contributed by atoms with Crippen LogP contribution in [-0.2, 0) is 6.54 Å². The average Bonchev–Trinajstić information content (AvgIpc) is 2.94. The van der Waals surface area contributed by atoms with Gasteiger partial charge < -0.3 is 0 Å². The van der Waals surface area contributed by atoms with Gasteiger partial charge in [-0.25, -0.2) is 9.97 Å². The van der Waals surface area contributed by atoms with Crippen molar-refractivity contribution in [3.8, 4) is 22.6 Å². The van der Waals surface area contributed by atoms with Gasteiger partial charge in [0.05, 0.1) is 38.8 Å². The Hall–Kier alpha value is -4.32. The van der Waals surface area contributed by atoms with Crippen molar-refractivity contribution in [1.29, 1.82) is 0 Å². The minimum atomic E-state index is -0.133. The van der Waals surface area contributed by atoms with Crippen molar-refractivity contribution in [3.05, 3.63) is 129 Å². The summed E-state index contributed by atoms with van der Waals surface area (Å²) in [5.74, 6) is 0.491. The number of allylic oxidation sites excluding steroid dienone is 1. The fraction of sp³-hybridized carbons (Fsp3) is 0.0323. The second-order valence-electron chi connectivity index (χ2n) is 8.76. The summed E-state index contributed by atoms with van der Waals surface area (Å²) >= 11 is 12.6. The van der Waals surface area contributed by atoms with E-state index in [2.05, 4.69) is 4.98 Å². The number of rotatable bonds is 5. The van der Waals surface area contributed by atoms with Gasteiger partial charge in [0, 0.05) is 22.7 Å². The van der Waals surface area contributed by atoms with E-state index in [1.165, 1.54) is 0 Å². The molecule has 0 amide bonds. The average molecular weight is 535 g/mol. The van der Waals surface area contributed by atoms with Crippen LogP contribution in [0.1, 0.15) is 5.56 Å². The maximum absolute atomic E-state index is 13.4. The number of halogens is 2. The van der Waals surface area contributed by atoms with E-state index in [4.69, 9.17) is 33.2 Å². The molecule has 0 radical (unpaired) electrons. The molecule has 5 nitrogen and oxygen atoms in total. The monoisotopic (exact) mass is 534 g/mol. The Morgan fingerprint density at radius 3 is 2.32 bits per heavy atom. The lowest BCUT2D eigenvalue weighted by atomic mass is 10.1. The Balaban J connectivity index is 1.31. The first-order chi connectivity index (χ1) is 18.6. The van der Waals surface area contributed by atoms with Crippen molar-refractivity contribution in [2.24, 2.45) is 0 Å². The van der Waals surface area contributed by atoms with E-state index in [0.717, 1.165) is 27.9 Å². The molecular formula is C31H20Cl2N4O. The highest BCUT2D eigenvalue weighted by atomic mass is 35.5. The molecule has 7 heteroatoms. The summed E-state index contributed by atoms with van der Waals surface area (Å²) < 4.78 is 1.63. The predicted molar refractivity (Wildman–Crippen MR) is 155 cm³/mol. The van der Waals surface area contributed by atoms with Gasteiger partial charge in [0.2, 0.25) is 0 Å². The summed E-state index contributed by atoms with van der Waals surface area (Å²) in [6, 6.07) is 28.4. The highest BCUT2D eigenvalue weighted by Crippen LogP contribution is 2.29. The minimum Gasteiger partial charge on any atom is -0.288 e. The first kappa shape index (κ1) is 24.0. The van der Waals surface area contributed by atoms with Crippen LogP contribution < -0.4 is 5.56 Å². The van der Waals surface area contributed by atoms with Gasteiger partial charge in [0.25, 0.3) is 5.56 Å². The Morgan fingerprint density at radius 1 is 0.789 bits per heavy atom. The smallest absolute Gasteiger partial charge is 0.261 e. The van der Waals surface area contributed by atoms with Gasteiger partial charge in [-0.15, -0.1) is 0 Å². The lowest BCUT2D eigenvalue weighted by Crippen LogP contribution is -2.23. The van der Waals surface area contributed by atoms with Crippen LogP contribution in [0.5, 0.6) is 0 Å². The quantitative estimate of drug-likeness (QED) is 0.227. The summed E-state index contributed by atoms with van der Waals surface area (Å²) in [7, 11) is 0. The van der Waals surface area contributed by atoms with Crippen molar-refractivity contribution < 1.29 is 0 Å². The molecule has 0 atom stereocenters. The number of benzene rings is 4. The molecule has 38 heavy (non-hydrogen) atoms. The SMILES string of the molecule is O=c1c2ccccc2nc(-c2ccc(Cl)cc2Cl)n1C/C=C/c1ccc(-c2cnc3ccccc3n2)cc1. The third-order valence-corrected chi connectivity index (χ3v) is 6.83. The third kappa shape index (κ3) is 4.70.